The van der Waals surface area contributed by atoms with Crippen molar-refractivity contribution in [2.24, 2.45) is 0 Å². The van der Waals surface area contributed by atoms with Crippen LogP contribution in [0.15, 0.2) is 42.5 Å². The number of anilines is 2. The zero-order chi connectivity index (χ0) is 21.9. The molecule has 0 atom stereocenters. The highest BCUT2D eigenvalue weighted by atomic mass is 32.2. The average molecular weight is 430 g/mol. The van der Waals surface area contributed by atoms with Gasteiger partial charge in [-0.3, -0.25) is 13.9 Å². The van der Waals surface area contributed by atoms with Crippen molar-refractivity contribution in [1.82, 2.24) is 4.90 Å². The number of nitrogens with zero attached hydrogens (tertiary/aromatic N) is 2. The number of nitrogens with one attached hydrogen (secondary N) is 1. The molecule has 0 aromatic heterocycles. The van der Waals surface area contributed by atoms with Crippen LogP contribution in [0.1, 0.15) is 34.8 Å². The largest absolute Gasteiger partial charge is 0.329 e. The molecule has 1 heterocycles. The standard InChI is InChI=1S/C22H27N3O4S/c1-4-12-24(15-21(26)23-19-8-6-5-7-16(19)2)22(27)18-9-10-20-17(14-18)11-13-25(20)30(3,28)29/h5-10,14H,4,11-13,15H2,1-3H3,(H,23,26). The van der Waals surface area contributed by atoms with Gasteiger partial charge in [-0.1, -0.05) is 25.1 Å². The molecule has 160 valence electrons. The number of carbonyl (C=O) groups is 2. The predicted molar refractivity (Wildman–Crippen MR) is 118 cm³/mol. The summed E-state index contributed by atoms with van der Waals surface area (Å²) >= 11 is 0. The minimum absolute atomic E-state index is 0.0481. The average Bonchev–Trinajstić information content (AvgIpc) is 3.12. The molecule has 7 nitrogen and oxygen atoms in total. The Labute approximate surface area is 177 Å². The lowest BCUT2D eigenvalue weighted by Crippen LogP contribution is -2.38. The van der Waals surface area contributed by atoms with E-state index in [4.69, 9.17) is 0 Å². The lowest BCUT2D eigenvalue weighted by atomic mass is 10.1. The summed E-state index contributed by atoms with van der Waals surface area (Å²) < 4.78 is 25.2. The summed E-state index contributed by atoms with van der Waals surface area (Å²) in [5.74, 6) is -0.493. The van der Waals surface area contributed by atoms with Crippen LogP contribution in [-0.2, 0) is 21.2 Å². The number of para-hydroxylation sites is 1. The third-order valence-corrected chi connectivity index (χ3v) is 6.29. The van der Waals surface area contributed by atoms with Gasteiger partial charge < -0.3 is 10.2 Å². The molecule has 1 N–H and O–H groups in total. The van der Waals surface area contributed by atoms with Crippen molar-refractivity contribution < 1.29 is 18.0 Å². The van der Waals surface area contributed by atoms with E-state index in [1.165, 1.54) is 15.5 Å². The molecule has 2 aromatic rings. The maximum atomic E-state index is 13.1. The van der Waals surface area contributed by atoms with Crippen LogP contribution in [0.4, 0.5) is 11.4 Å². The molecule has 0 radical (unpaired) electrons. The number of rotatable bonds is 7. The summed E-state index contributed by atoms with van der Waals surface area (Å²) in [6, 6.07) is 12.5. The van der Waals surface area contributed by atoms with Gasteiger partial charge in [0, 0.05) is 24.3 Å². The van der Waals surface area contributed by atoms with E-state index in [-0.39, 0.29) is 18.4 Å². The van der Waals surface area contributed by atoms with Crippen molar-refractivity contribution >= 4 is 33.2 Å². The molecule has 1 aliphatic heterocycles. The molecule has 2 aromatic carbocycles. The molecule has 3 rings (SSSR count). The van der Waals surface area contributed by atoms with Gasteiger partial charge in [0.1, 0.15) is 6.54 Å². The van der Waals surface area contributed by atoms with Crippen LogP contribution in [-0.4, -0.2) is 51.0 Å². The van der Waals surface area contributed by atoms with Crippen molar-refractivity contribution in [3.63, 3.8) is 0 Å². The second-order valence-electron chi connectivity index (χ2n) is 7.52. The summed E-state index contributed by atoms with van der Waals surface area (Å²) in [6.45, 7) is 4.64. The van der Waals surface area contributed by atoms with Gasteiger partial charge in [0.15, 0.2) is 0 Å². The molecule has 0 aliphatic carbocycles. The number of benzene rings is 2. The molecule has 1 aliphatic rings. The van der Waals surface area contributed by atoms with Crippen molar-refractivity contribution in [2.45, 2.75) is 26.7 Å². The quantitative estimate of drug-likeness (QED) is 0.733. The first-order valence-corrected chi connectivity index (χ1v) is 11.8. The number of carbonyl (C=O) groups excluding carboxylic acids is 2. The van der Waals surface area contributed by atoms with Crippen LogP contribution >= 0.6 is 0 Å². The number of amides is 2. The van der Waals surface area contributed by atoms with Crippen molar-refractivity contribution in [3.05, 3.63) is 59.2 Å². The Bertz CT molecular complexity index is 1070. The second-order valence-corrected chi connectivity index (χ2v) is 9.43. The summed E-state index contributed by atoms with van der Waals surface area (Å²) in [7, 11) is -3.34. The maximum absolute atomic E-state index is 13.1. The first-order chi connectivity index (χ1) is 14.2. The maximum Gasteiger partial charge on any atom is 0.254 e. The van der Waals surface area contributed by atoms with E-state index in [1.54, 1.807) is 18.2 Å². The smallest absolute Gasteiger partial charge is 0.254 e. The first kappa shape index (κ1) is 21.8. The Morgan fingerprint density at radius 2 is 1.90 bits per heavy atom. The minimum atomic E-state index is -3.34. The number of hydrogen-bond acceptors (Lipinski definition) is 4. The van der Waals surface area contributed by atoms with Crippen LogP contribution in [0.3, 0.4) is 0 Å². The molecule has 0 saturated heterocycles. The fourth-order valence-electron chi connectivity index (χ4n) is 3.63. The van der Waals surface area contributed by atoms with Crippen LogP contribution < -0.4 is 9.62 Å². The molecule has 8 heteroatoms. The summed E-state index contributed by atoms with van der Waals surface area (Å²) in [5.41, 5.74) is 3.58. The van der Waals surface area contributed by atoms with E-state index in [9.17, 15) is 18.0 Å². The normalized spacial score (nSPS) is 13.1. The SMILES string of the molecule is CCCN(CC(=O)Nc1ccccc1C)C(=O)c1ccc2c(c1)CCN2S(C)(=O)=O. The zero-order valence-electron chi connectivity index (χ0n) is 17.5. The Hall–Kier alpha value is -2.87. The van der Waals surface area contributed by atoms with Crippen molar-refractivity contribution in [2.75, 3.05) is 35.5 Å². The van der Waals surface area contributed by atoms with Gasteiger partial charge in [0.2, 0.25) is 15.9 Å². The van der Waals surface area contributed by atoms with Crippen LogP contribution in [0.5, 0.6) is 0 Å². The lowest BCUT2D eigenvalue weighted by molar-refractivity contribution is -0.116. The van der Waals surface area contributed by atoms with Crippen LogP contribution in [0.25, 0.3) is 0 Å². The fourth-order valence-corrected chi connectivity index (χ4v) is 4.59. The third-order valence-electron chi connectivity index (χ3n) is 5.11. The van der Waals surface area contributed by atoms with Gasteiger partial charge in [-0.2, -0.15) is 0 Å². The molecule has 30 heavy (non-hydrogen) atoms. The summed E-state index contributed by atoms with van der Waals surface area (Å²) in [5, 5.41) is 2.86. The Morgan fingerprint density at radius 3 is 2.57 bits per heavy atom. The van der Waals surface area contributed by atoms with Gasteiger partial charge in [-0.05, 0) is 55.2 Å². The monoisotopic (exact) mass is 429 g/mol. The highest BCUT2D eigenvalue weighted by Gasteiger charge is 2.27. The molecular weight excluding hydrogens is 402 g/mol. The number of fused-ring (bicyclic) bond motifs is 1. The van der Waals surface area contributed by atoms with Crippen molar-refractivity contribution in [3.8, 4) is 0 Å². The topological polar surface area (TPSA) is 86.8 Å². The van der Waals surface area contributed by atoms with Gasteiger partial charge in [-0.15, -0.1) is 0 Å². The Morgan fingerprint density at radius 1 is 1.17 bits per heavy atom. The summed E-state index contributed by atoms with van der Waals surface area (Å²) in [4.78, 5) is 27.2. The van der Waals surface area contributed by atoms with Gasteiger partial charge in [0.05, 0.1) is 11.9 Å². The molecule has 0 spiro atoms. The lowest BCUT2D eigenvalue weighted by Gasteiger charge is -2.22. The highest BCUT2D eigenvalue weighted by molar-refractivity contribution is 7.92. The number of sulfonamides is 1. The van der Waals surface area contributed by atoms with Crippen LogP contribution in [0.2, 0.25) is 0 Å². The predicted octanol–water partition coefficient (Wildman–Crippen LogP) is 2.81. The fraction of sp³-hybridized carbons (Fsp3) is 0.364. The van der Waals surface area contributed by atoms with Crippen LogP contribution in [0, 0.1) is 6.92 Å². The van der Waals surface area contributed by atoms with E-state index < -0.39 is 10.0 Å². The molecule has 2 amide bonds. The molecular formula is C22H27N3O4S. The molecule has 0 bridgehead atoms. The molecule has 0 fully saturated rings. The Kier molecular flexibility index (Phi) is 6.45. The van der Waals surface area contributed by atoms with E-state index in [2.05, 4.69) is 5.32 Å². The minimum Gasteiger partial charge on any atom is -0.329 e. The Balaban J connectivity index is 1.76. The van der Waals surface area contributed by atoms with E-state index in [0.29, 0.717) is 30.8 Å². The second kappa shape index (κ2) is 8.87. The van der Waals surface area contributed by atoms with E-state index >= 15 is 0 Å². The van der Waals surface area contributed by atoms with Gasteiger partial charge in [-0.25, -0.2) is 8.42 Å². The van der Waals surface area contributed by atoms with E-state index in [1.807, 2.05) is 38.1 Å². The van der Waals surface area contributed by atoms with Gasteiger partial charge >= 0.3 is 0 Å². The first-order valence-electron chi connectivity index (χ1n) is 9.96. The van der Waals surface area contributed by atoms with Crippen molar-refractivity contribution in [1.29, 1.82) is 0 Å². The molecule has 0 saturated carbocycles. The van der Waals surface area contributed by atoms with E-state index in [0.717, 1.165) is 23.2 Å². The number of aryl methyl sites for hydroxylation is 1. The number of hydrogen-bond donors (Lipinski definition) is 1. The molecule has 0 unspecified atom stereocenters. The highest BCUT2D eigenvalue weighted by Crippen LogP contribution is 2.31. The zero-order valence-corrected chi connectivity index (χ0v) is 18.3. The third kappa shape index (κ3) is 4.81. The summed E-state index contributed by atoms with van der Waals surface area (Å²) in [6.07, 6.45) is 2.46. The van der Waals surface area contributed by atoms with Gasteiger partial charge in [0.25, 0.3) is 5.91 Å².